The maximum Gasteiger partial charge on any atom is 0.327 e. The summed E-state index contributed by atoms with van der Waals surface area (Å²) in [5, 5.41) is 29.1. The topological polar surface area (TPSA) is 150 Å². The Morgan fingerprint density at radius 3 is 1.90 bits per heavy atom. The van der Waals surface area contributed by atoms with Gasteiger partial charge in [-0.3, -0.25) is 9.59 Å². The third-order valence-electron chi connectivity index (χ3n) is 7.25. The van der Waals surface area contributed by atoms with Crippen molar-refractivity contribution in [3.05, 3.63) is 94.5 Å². The minimum absolute atomic E-state index is 0.253. The van der Waals surface area contributed by atoms with E-state index in [0.717, 1.165) is 0 Å². The first-order valence-corrected chi connectivity index (χ1v) is 12.6. The van der Waals surface area contributed by atoms with Gasteiger partial charge in [0.05, 0.1) is 49.4 Å². The molecule has 1 aliphatic heterocycles. The van der Waals surface area contributed by atoms with Crippen LogP contribution in [0.1, 0.15) is 44.6 Å². The number of carboxylic acid groups (broad SMARTS) is 1. The summed E-state index contributed by atoms with van der Waals surface area (Å²) in [5.74, 6) is -3.68. The van der Waals surface area contributed by atoms with Crippen LogP contribution >= 0.6 is 0 Å². The van der Waals surface area contributed by atoms with Gasteiger partial charge in [0, 0.05) is 18.6 Å². The van der Waals surface area contributed by atoms with Crippen LogP contribution in [0.3, 0.4) is 0 Å². The van der Waals surface area contributed by atoms with Crippen LogP contribution < -0.4 is 9.47 Å². The van der Waals surface area contributed by atoms with E-state index in [1.54, 1.807) is 42.5 Å². The molecule has 0 bridgehead atoms. The van der Waals surface area contributed by atoms with Crippen LogP contribution in [0.2, 0.25) is 0 Å². The first kappa shape index (κ1) is 28.8. The largest absolute Gasteiger partial charge is 0.493 e. The van der Waals surface area contributed by atoms with Crippen LogP contribution in [-0.4, -0.2) is 61.6 Å². The molecule has 10 heteroatoms. The van der Waals surface area contributed by atoms with Crippen LogP contribution in [0.4, 0.5) is 0 Å². The number of rotatable bonds is 9. The fourth-order valence-electron chi connectivity index (χ4n) is 5.47. The van der Waals surface area contributed by atoms with E-state index in [1.807, 2.05) is 12.1 Å². The second-order valence-corrected chi connectivity index (χ2v) is 9.42. The van der Waals surface area contributed by atoms with Crippen molar-refractivity contribution in [1.82, 2.24) is 4.90 Å². The molecule has 4 rings (SSSR count). The number of hydrogen-bond donors (Lipinski definition) is 1. The van der Waals surface area contributed by atoms with E-state index in [-0.39, 0.29) is 5.56 Å². The Balaban J connectivity index is 2.01. The summed E-state index contributed by atoms with van der Waals surface area (Å²) >= 11 is 0. The average molecular weight is 554 g/mol. The zero-order valence-electron chi connectivity index (χ0n) is 22.6. The zero-order chi connectivity index (χ0) is 29.7. The Labute approximate surface area is 236 Å². The van der Waals surface area contributed by atoms with E-state index in [4.69, 9.17) is 14.2 Å². The van der Waals surface area contributed by atoms with E-state index >= 15 is 0 Å². The molecule has 3 aromatic carbocycles. The molecule has 41 heavy (non-hydrogen) atoms. The normalized spacial score (nSPS) is 19.6. The summed E-state index contributed by atoms with van der Waals surface area (Å²) in [6.07, 6.45) is 0. The monoisotopic (exact) mass is 553 g/mol. The Morgan fingerprint density at radius 2 is 1.39 bits per heavy atom. The minimum atomic E-state index is -1.45. The smallest absolute Gasteiger partial charge is 0.327 e. The molecular weight excluding hydrogens is 526 g/mol. The molecule has 1 heterocycles. The highest BCUT2D eigenvalue weighted by atomic mass is 16.5. The highest BCUT2D eigenvalue weighted by Gasteiger charge is 2.57. The highest BCUT2D eigenvalue weighted by molar-refractivity contribution is 6.01. The second kappa shape index (κ2) is 12.3. The highest BCUT2D eigenvalue weighted by Crippen LogP contribution is 2.52. The molecule has 0 saturated carbocycles. The Hall–Kier alpha value is -5.19. The molecule has 1 fully saturated rings. The lowest BCUT2D eigenvalue weighted by Crippen LogP contribution is -2.45. The molecule has 10 nitrogen and oxygen atoms in total. The lowest BCUT2D eigenvalue weighted by atomic mass is 9.76. The molecular formula is C31H27N3O7. The molecule has 1 N–H and O–H groups in total. The van der Waals surface area contributed by atoms with Gasteiger partial charge in [-0.25, -0.2) is 4.79 Å². The van der Waals surface area contributed by atoms with Gasteiger partial charge in [-0.05, 0) is 47.5 Å². The summed E-state index contributed by atoms with van der Waals surface area (Å²) < 4.78 is 15.9. The van der Waals surface area contributed by atoms with Gasteiger partial charge in [-0.15, -0.1) is 0 Å². The zero-order valence-corrected chi connectivity index (χ0v) is 22.6. The van der Waals surface area contributed by atoms with Crippen LogP contribution in [0.5, 0.6) is 11.5 Å². The maximum atomic E-state index is 14.4. The van der Waals surface area contributed by atoms with E-state index < -0.39 is 48.2 Å². The van der Waals surface area contributed by atoms with Crippen molar-refractivity contribution in [3.63, 3.8) is 0 Å². The number of benzene rings is 3. The number of likely N-dealkylation sites (tertiary alicyclic amines) is 1. The van der Waals surface area contributed by atoms with Gasteiger partial charge in [0.15, 0.2) is 17.3 Å². The Bertz CT molecular complexity index is 1540. The minimum Gasteiger partial charge on any atom is -0.493 e. The average Bonchev–Trinajstić information content (AvgIpc) is 3.37. The number of hydrogen-bond acceptors (Lipinski definition) is 8. The van der Waals surface area contributed by atoms with Gasteiger partial charge in [-0.2, -0.15) is 10.5 Å². The predicted octanol–water partition coefficient (Wildman–Crippen LogP) is 3.71. The maximum absolute atomic E-state index is 14.4. The number of carbonyl (C=O) groups is 3. The molecule has 1 aliphatic rings. The number of ether oxygens (including phenoxy) is 3. The lowest BCUT2D eigenvalue weighted by Gasteiger charge is -2.30. The number of ketones is 1. The van der Waals surface area contributed by atoms with Gasteiger partial charge in [-0.1, -0.05) is 30.3 Å². The van der Waals surface area contributed by atoms with Crippen LogP contribution in [0.25, 0.3) is 0 Å². The molecule has 1 saturated heterocycles. The summed E-state index contributed by atoms with van der Waals surface area (Å²) in [6, 6.07) is 18.8. The summed E-state index contributed by atoms with van der Waals surface area (Å²) in [7, 11) is 4.24. The molecule has 0 aliphatic carbocycles. The number of carbonyl (C=O) groups excluding carboxylic acids is 2. The lowest BCUT2D eigenvalue weighted by molar-refractivity contribution is -0.151. The fourth-order valence-corrected chi connectivity index (χ4v) is 5.47. The van der Waals surface area contributed by atoms with Gasteiger partial charge >= 0.3 is 5.97 Å². The molecule has 0 spiro atoms. The van der Waals surface area contributed by atoms with Crippen molar-refractivity contribution in [2.75, 3.05) is 27.9 Å². The van der Waals surface area contributed by atoms with Crippen molar-refractivity contribution < 1.29 is 33.7 Å². The number of carboxylic acids is 1. The van der Waals surface area contributed by atoms with Crippen molar-refractivity contribution in [3.8, 4) is 23.6 Å². The molecule has 1 amide bonds. The van der Waals surface area contributed by atoms with Crippen molar-refractivity contribution in [1.29, 1.82) is 10.5 Å². The quantitative estimate of drug-likeness (QED) is 0.391. The van der Waals surface area contributed by atoms with Crippen molar-refractivity contribution in [2.24, 2.45) is 5.92 Å². The first-order valence-electron chi connectivity index (χ1n) is 12.6. The SMILES string of the molecule is COCC(=O)N1C(C(=O)O)C(c2ccc(OC)c(OC)c2)C(C(=O)c2ccc(C#N)cc2)C1c1ccc(C#N)cc1. The van der Waals surface area contributed by atoms with Crippen molar-refractivity contribution >= 4 is 17.7 Å². The van der Waals surface area contributed by atoms with Crippen molar-refractivity contribution in [2.45, 2.75) is 18.0 Å². The molecule has 0 radical (unpaired) electrons. The summed E-state index contributed by atoms with van der Waals surface area (Å²) in [6.45, 7) is -0.410. The fraction of sp³-hybridized carbons (Fsp3) is 0.258. The molecule has 0 aromatic heterocycles. The predicted molar refractivity (Wildman–Crippen MR) is 145 cm³/mol. The van der Waals surface area contributed by atoms with Gasteiger partial charge in [0.25, 0.3) is 0 Å². The number of nitrogens with zero attached hydrogens (tertiary/aromatic N) is 3. The van der Waals surface area contributed by atoms with Gasteiger partial charge < -0.3 is 24.2 Å². The number of aliphatic carboxylic acids is 1. The van der Waals surface area contributed by atoms with Gasteiger partial charge in [0.2, 0.25) is 5.91 Å². The second-order valence-electron chi connectivity index (χ2n) is 9.42. The number of Topliss-reactive ketones (excluding diaryl/α,β-unsaturated/α-hetero) is 1. The number of nitriles is 2. The molecule has 4 atom stereocenters. The molecule has 208 valence electrons. The van der Waals surface area contributed by atoms with Crippen LogP contribution in [0.15, 0.2) is 66.7 Å². The number of amides is 1. The summed E-state index contributed by atoms with van der Waals surface area (Å²) in [5.41, 5.74) is 1.91. The van der Waals surface area contributed by atoms with E-state index in [1.165, 1.54) is 50.5 Å². The van der Waals surface area contributed by atoms with E-state index in [0.29, 0.717) is 33.8 Å². The standard InChI is InChI=1S/C31H27N3O7/c1-39-17-25(35)34-28(20-8-4-18(15-32)5-9-20)27(30(36)21-10-6-19(16-33)7-11-21)26(29(34)31(37)38)22-12-13-23(40-2)24(14-22)41-3/h4-14,26-29H,17H2,1-3H3,(H,37,38). The van der Waals surface area contributed by atoms with Crippen LogP contribution in [-0.2, 0) is 14.3 Å². The van der Waals surface area contributed by atoms with Crippen LogP contribution in [0, 0.1) is 28.6 Å². The van der Waals surface area contributed by atoms with Gasteiger partial charge in [0.1, 0.15) is 12.6 Å². The van der Waals surface area contributed by atoms with E-state index in [9.17, 15) is 30.0 Å². The first-order chi connectivity index (χ1) is 19.8. The Kier molecular flexibility index (Phi) is 8.66. The summed E-state index contributed by atoms with van der Waals surface area (Å²) in [4.78, 5) is 42.1. The third-order valence-corrected chi connectivity index (χ3v) is 7.25. The molecule has 3 aromatic rings. The number of methoxy groups -OCH3 is 3. The van der Waals surface area contributed by atoms with E-state index in [2.05, 4.69) is 0 Å². The third kappa shape index (κ3) is 5.46. The molecule has 4 unspecified atom stereocenters. The Morgan fingerprint density at radius 1 is 0.829 bits per heavy atom.